The Morgan fingerprint density at radius 1 is 0.964 bits per heavy atom. The van der Waals surface area contributed by atoms with E-state index in [1.807, 2.05) is 49.4 Å². The van der Waals surface area contributed by atoms with Gasteiger partial charge in [-0.05, 0) is 37.5 Å². The van der Waals surface area contributed by atoms with Gasteiger partial charge in [-0.3, -0.25) is 4.79 Å². The minimum absolute atomic E-state index is 0.231. The van der Waals surface area contributed by atoms with E-state index in [1.165, 1.54) is 0 Å². The minimum atomic E-state index is -1.24. The standard InChI is InChI=1S/C21H25N3O4/c1-13-9-14(2)18(15(3)10-13)19(25)24-17(20(26)27)12-23-21(28)22-11-16-7-5-4-6-8-16/h4-10,17H,11-12H2,1-3H3,(H,24,25)(H,26,27)(H2,22,23,28). The van der Waals surface area contributed by atoms with Crippen molar-refractivity contribution in [3.05, 3.63) is 70.3 Å². The molecule has 0 bridgehead atoms. The topological polar surface area (TPSA) is 108 Å². The molecule has 2 aromatic carbocycles. The van der Waals surface area contributed by atoms with Crippen LogP contribution in [0.3, 0.4) is 0 Å². The van der Waals surface area contributed by atoms with E-state index >= 15 is 0 Å². The van der Waals surface area contributed by atoms with Crippen molar-refractivity contribution in [2.24, 2.45) is 0 Å². The van der Waals surface area contributed by atoms with E-state index in [0.717, 1.165) is 22.3 Å². The summed E-state index contributed by atoms with van der Waals surface area (Å²) >= 11 is 0. The Hall–Kier alpha value is -3.35. The predicted molar refractivity (Wildman–Crippen MR) is 106 cm³/mol. The zero-order chi connectivity index (χ0) is 20.7. The second-order valence-electron chi connectivity index (χ2n) is 6.69. The number of rotatable bonds is 7. The predicted octanol–water partition coefficient (Wildman–Crippen LogP) is 2.29. The summed E-state index contributed by atoms with van der Waals surface area (Å²) in [4.78, 5) is 36.0. The molecule has 0 aromatic heterocycles. The van der Waals surface area contributed by atoms with Gasteiger partial charge in [-0.15, -0.1) is 0 Å². The summed E-state index contributed by atoms with van der Waals surface area (Å²) in [7, 11) is 0. The summed E-state index contributed by atoms with van der Waals surface area (Å²) in [5.41, 5.74) is 3.94. The van der Waals surface area contributed by atoms with Crippen LogP contribution in [0.4, 0.5) is 4.79 Å². The summed E-state index contributed by atoms with van der Waals surface area (Å²) in [6.45, 7) is 5.63. The highest BCUT2D eigenvalue weighted by Crippen LogP contribution is 2.16. The van der Waals surface area contributed by atoms with Crippen LogP contribution in [-0.2, 0) is 11.3 Å². The fraction of sp³-hybridized carbons (Fsp3) is 0.286. The maximum absolute atomic E-state index is 12.6. The summed E-state index contributed by atoms with van der Waals surface area (Å²) in [6, 6.07) is 11.3. The van der Waals surface area contributed by atoms with Crippen LogP contribution in [0.15, 0.2) is 42.5 Å². The van der Waals surface area contributed by atoms with Crippen LogP contribution >= 0.6 is 0 Å². The van der Waals surface area contributed by atoms with E-state index in [2.05, 4.69) is 16.0 Å². The molecule has 7 heteroatoms. The maximum Gasteiger partial charge on any atom is 0.328 e. The summed E-state index contributed by atoms with van der Waals surface area (Å²) in [5, 5.41) is 17.0. The third-order valence-electron chi connectivity index (χ3n) is 4.27. The van der Waals surface area contributed by atoms with E-state index in [1.54, 1.807) is 13.8 Å². The summed E-state index contributed by atoms with van der Waals surface area (Å²) in [6.07, 6.45) is 0. The van der Waals surface area contributed by atoms with Crippen LogP contribution < -0.4 is 16.0 Å². The van der Waals surface area contributed by atoms with E-state index in [0.29, 0.717) is 12.1 Å². The van der Waals surface area contributed by atoms with Gasteiger partial charge < -0.3 is 21.1 Å². The van der Waals surface area contributed by atoms with Gasteiger partial charge in [0.25, 0.3) is 5.91 Å². The molecule has 0 aliphatic carbocycles. The van der Waals surface area contributed by atoms with E-state index < -0.39 is 23.9 Å². The molecule has 1 unspecified atom stereocenters. The smallest absolute Gasteiger partial charge is 0.328 e. The van der Waals surface area contributed by atoms with E-state index in [-0.39, 0.29) is 6.54 Å². The molecule has 0 saturated carbocycles. The second kappa shape index (κ2) is 9.55. The average molecular weight is 383 g/mol. The molecule has 7 nitrogen and oxygen atoms in total. The molecule has 2 rings (SSSR count). The molecule has 0 fully saturated rings. The highest BCUT2D eigenvalue weighted by Gasteiger charge is 2.23. The molecular weight excluding hydrogens is 358 g/mol. The average Bonchev–Trinajstić information content (AvgIpc) is 2.63. The number of nitrogens with one attached hydrogen (secondary N) is 3. The number of hydrogen-bond acceptors (Lipinski definition) is 3. The van der Waals surface area contributed by atoms with Crippen molar-refractivity contribution in [3.8, 4) is 0 Å². The number of carbonyl (C=O) groups is 3. The number of amides is 3. The number of aliphatic carboxylic acids is 1. The number of carboxylic acids is 1. The van der Waals surface area contributed by atoms with Crippen LogP contribution in [0, 0.1) is 20.8 Å². The van der Waals surface area contributed by atoms with E-state index in [4.69, 9.17) is 0 Å². The SMILES string of the molecule is Cc1cc(C)c(C(=O)NC(CNC(=O)NCc2ccccc2)C(=O)O)c(C)c1. The van der Waals surface area contributed by atoms with Gasteiger partial charge in [-0.2, -0.15) is 0 Å². The number of urea groups is 1. The van der Waals surface area contributed by atoms with Crippen molar-refractivity contribution >= 4 is 17.9 Å². The number of aryl methyl sites for hydroxylation is 3. The number of benzene rings is 2. The molecule has 0 saturated heterocycles. The first-order chi connectivity index (χ1) is 13.3. The van der Waals surface area contributed by atoms with Crippen molar-refractivity contribution in [2.45, 2.75) is 33.4 Å². The zero-order valence-corrected chi connectivity index (χ0v) is 16.2. The lowest BCUT2D eigenvalue weighted by Gasteiger charge is -2.18. The molecule has 3 amide bonds. The summed E-state index contributed by atoms with van der Waals surface area (Å²) < 4.78 is 0. The fourth-order valence-electron chi connectivity index (χ4n) is 3.00. The van der Waals surface area contributed by atoms with Gasteiger partial charge in [0.1, 0.15) is 6.04 Å². The molecule has 0 heterocycles. The first-order valence-electron chi connectivity index (χ1n) is 8.95. The zero-order valence-electron chi connectivity index (χ0n) is 16.2. The lowest BCUT2D eigenvalue weighted by molar-refractivity contribution is -0.139. The summed E-state index contributed by atoms with van der Waals surface area (Å²) in [5.74, 6) is -1.70. The number of carboxylic acid groups (broad SMARTS) is 1. The molecule has 4 N–H and O–H groups in total. The lowest BCUT2D eigenvalue weighted by atomic mass is 9.99. The Kier molecular flexibility index (Phi) is 7.14. The Morgan fingerprint density at radius 2 is 1.57 bits per heavy atom. The van der Waals surface area contributed by atoms with Gasteiger partial charge in [0.2, 0.25) is 0 Å². The third kappa shape index (κ3) is 5.84. The Bertz CT molecular complexity index is 842. The van der Waals surface area contributed by atoms with E-state index in [9.17, 15) is 19.5 Å². The van der Waals surface area contributed by atoms with Crippen molar-refractivity contribution in [3.63, 3.8) is 0 Å². The van der Waals surface area contributed by atoms with Crippen LogP contribution in [0.2, 0.25) is 0 Å². The van der Waals surface area contributed by atoms with Crippen LogP contribution in [0.5, 0.6) is 0 Å². The molecule has 0 radical (unpaired) electrons. The van der Waals surface area contributed by atoms with Gasteiger partial charge in [0.05, 0.1) is 6.54 Å². The van der Waals surface area contributed by atoms with Gasteiger partial charge in [0.15, 0.2) is 0 Å². The quantitative estimate of drug-likeness (QED) is 0.588. The monoisotopic (exact) mass is 383 g/mol. The molecule has 0 spiro atoms. The largest absolute Gasteiger partial charge is 0.480 e. The van der Waals surface area contributed by atoms with Crippen molar-refractivity contribution in [1.82, 2.24) is 16.0 Å². The maximum atomic E-state index is 12.6. The minimum Gasteiger partial charge on any atom is -0.480 e. The van der Waals surface area contributed by atoms with Crippen molar-refractivity contribution < 1.29 is 19.5 Å². The molecule has 2 aromatic rings. The first-order valence-corrected chi connectivity index (χ1v) is 8.95. The molecular formula is C21H25N3O4. The lowest BCUT2D eigenvalue weighted by Crippen LogP contribution is -2.50. The first kappa shape index (κ1) is 21.0. The Morgan fingerprint density at radius 3 is 2.14 bits per heavy atom. The third-order valence-corrected chi connectivity index (χ3v) is 4.27. The fourth-order valence-corrected chi connectivity index (χ4v) is 3.00. The van der Waals surface area contributed by atoms with Gasteiger partial charge in [0, 0.05) is 12.1 Å². The number of carbonyl (C=O) groups excluding carboxylic acids is 2. The molecule has 148 valence electrons. The van der Waals surface area contributed by atoms with Crippen molar-refractivity contribution in [2.75, 3.05) is 6.54 Å². The molecule has 0 aliphatic heterocycles. The Labute approximate surface area is 164 Å². The van der Waals surface area contributed by atoms with Gasteiger partial charge >= 0.3 is 12.0 Å². The van der Waals surface area contributed by atoms with Crippen LogP contribution in [0.25, 0.3) is 0 Å². The van der Waals surface area contributed by atoms with Crippen molar-refractivity contribution in [1.29, 1.82) is 0 Å². The Balaban J connectivity index is 1.93. The normalized spacial score (nSPS) is 11.4. The van der Waals surface area contributed by atoms with Crippen LogP contribution in [-0.4, -0.2) is 35.6 Å². The molecule has 28 heavy (non-hydrogen) atoms. The highest BCUT2D eigenvalue weighted by molar-refractivity contribution is 5.99. The number of hydrogen-bond donors (Lipinski definition) is 4. The second-order valence-corrected chi connectivity index (χ2v) is 6.69. The highest BCUT2D eigenvalue weighted by atomic mass is 16.4. The van der Waals surface area contributed by atoms with Gasteiger partial charge in [-0.1, -0.05) is 48.0 Å². The molecule has 0 aliphatic rings. The molecule has 1 atom stereocenters. The van der Waals surface area contributed by atoms with Crippen LogP contribution in [0.1, 0.15) is 32.6 Å². The van der Waals surface area contributed by atoms with Gasteiger partial charge in [-0.25, -0.2) is 9.59 Å².